The molecule has 0 bridgehead atoms. The van der Waals surface area contributed by atoms with Crippen LogP contribution in [0.1, 0.15) is 0 Å². The van der Waals surface area contributed by atoms with Crippen molar-refractivity contribution < 1.29 is 24.2 Å². The lowest BCUT2D eigenvalue weighted by molar-refractivity contribution is -0.152. The summed E-state index contributed by atoms with van der Waals surface area (Å²) in [6.07, 6.45) is 0. The molecular formula is C21H18ClIN2O5S2. The van der Waals surface area contributed by atoms with Gasteiger partial charge in [0, 0.05) is 25.8 Å². The van der Waals surface area contributed by atoms with E-state index >= 15 is 0 Å². The number of ether oxygens (including phenoxy) is 1. The molecule has 2 aliphatic rings. The number of carbonyl (C=O) groups is 3. The van der Waals surface area contributed by atoms with Crippen LogP contribution < -0.4 is 10.1 Å². The number of nitrogens with zero attached hydrogens (tertiary/aromatic N) is 1. The molecule has 2 N–H and O–H groups in total. The number of benzene rings is 2. The van der Waals surface area contributed by atoms with Crippen LogP contribution in [-0.2, 0) is 14.4 Å². The Morgan fingerprint density at radius 2 is 2.00 bits per heavy atom. The van der Waals surface area contributed by atoms with Gasteiger partial charge in [-0.2, -0.15) is 0 Å². The molecule has 0 saturated carbocycles. The van der Waals surface area contributed by atoms with E-state index in [1.54, 1.807) is 24.3 Å². The van der Waals surface area contributed by atoms with Gasteiger partial charge in [0.1, 0.15) is 21.9 Å². The number of amides is 2. The standard InChI is InChI=1S/C21H18ClIN2O5S2/c22-12-5-7-13(8-6-12)30-9-16(26)24-17-18(27)25-10-21(20(28)29,11-31-19(17)25)32-15-4-2-1-3-14(15)23/h1-8,17,19H,9-11H2,(H,24,26)(H,28,29)/t17-,19-,21?/m1/s1. The molecule has 4 rings (SSSR count). The number of hydrogen-bond donors (Lipinski definition) is 2. The van der Waals surface area contributed by atoms with Crippen molar-refractivity contribution in [3.05, 3.63) is 57.1 Å². The largest absolute Gasteiger partial charge is 0.484 e. The van der Waals surface area contributed by atoms with Crippen LogP contribution >= 0.6 is 57.7 Å². The molecule has 0 aliphatic carbocycles. The molecular weight excluding hydrogens is 587 g/mol. The Labute approximate surface area is 211 Å². The van der Waals surface area contributed by atoms with Crippen molar-refractivity contribution in [2.45, 2.75) is 21.1 Å². The molecule has 2 aromatic rings. The minimum atomic E-state index is -1.15. The first-order valence-electron chi connectivity index (χ1n) is 9.56. The number of hydrogen-bond acceptors (Lipinski definition) is 6. The van der Waals surface area contributed by atoms with E-state index in [0.717, 1.165) is 8.47 Å². The molecule has 3 atom stereocenters. The van der Waals surface area contributed by atoms with Crippen LogP contribution in [0.4, 0.5) is 0 Å². The van der Waals surface area contributed by atoms with Gasteiger partial charge in [-0.1, -0.05) is 23.7 Å². The highest BCUT2D eigenvalue weighted by atomic mass is 127. The van der Waals surface area contributed by atoms with Crippen LogP contribution in [0.5, 0.6) is 5.75 Å². The summed E-state index contributed by atoms with van der Waals surface area (Å²) >= 11 is 10.6. The maximum atomic E-state index is 12.7. The van der Waals surface area contributed by atoms with Gasteiger partial charge in [0.25, 0.3) is 5.91 Å². The van der Waals surface area contributed by atoms with E-state index in [1.807, 2.05) is 24.3 Å². The van der Waals surface area contributed by atoms with Crippen molar-refractivity contribution in [1.82, 2.24) is 10.2 Å². The Balaban J connectivity index is 1.36. The molecule has 2 aromatic carbocycles. The summed E-state index contributed by atoms with van der Waals surface area (Å²) in [5.74, 6) is -0.834. The van der Waals surface area contributed by atoms with Gasteiger partial charge in [0.15, 0.2) is 6.61 Å². The van der Waals surface area contributed by atoms with Gasteiger partial charge in [0.05, 0.1) is 0 Å². The number of fused-ring (bicyclic) bond motifs is 1. The van der Waals surface area contributed by atoms with Crippen molar-refractivity contribution in [3.8, 4) is 5.75 Å². The molecule has 2 amide bonds. The SMILES string of the molecule is O=C(COc1ccc(Cl)cc1)N[C@@H]1C(=O)N2CC(Sc3ccccc3I)(C(=O)O)CS[C@H]12. The lowest BCUT2D eigenvalue weighted by atomic mass is 10.0. The summed E-state index contributed by atoms with van der Waals surface area (Å²) in [6.45, 7) is -0.147. The molecule has 0 spiro atoms. The van der Waals surface area contributed by atoms with Crippen molar-refractivity contribution >= 4 is 75.5 Å². The summed E-state index contributed by atoms with van der Waals surface area (Å²) in [6, 6.07) is 13.5. The molecule has 2 aliphatic heterocycles. The van der Waals surface area contributed by atoms with Crippen molar-refractivity contribution in [2.24, 2.45) is 0 Å². The molecule has 168 valence electrons. The second-order valence-electron chi connectivity index (χ2n) is 7.29. The maximum absolute atomic E-state index is 12.7. The van der Waals surface area contributed by atoms with E-state index in [9.17, 15) is 19.5 Å². The second-order valence-corrected chi connectivity index (χ2v) is 11.4. The van der Waals surface area contributed by atoms with Gasteiger partial charge in [0.2, 0.25) is 5.91 Å². The zero-order valence-corrected chi connectivity index (χ0v) is 21.0. The highest BCUT2D eigenvalue weighted by molar-refractivity contribution is 14.1. The Bertz CT molecular complexity index is 1060. The first kappa shape index (κ1) is 23.5. The Kier molecular flexibility index (Phi) is 7.13. The first-order valence-corrected chi connectivity index (χ1v) is 12.9. The van der Waals surface area contributed by atoms with Crippen molar-refractivity contribution in [2.75, 3.05) is 18.9 Å². The quantitative estimate of drug-likeness (QED) is 0.370. The maximum Gasteiger partial charge on any atom is 0.322 e. The van der Waals surface area contributed by atoms with Gasteiger partial charge in [-0.15, -0.1) is 23.5 Å². The van der Waals surface area contributed by atoms with Gasteiger partial charge in [-0.3, -0.25) is 14.4 Å². The van der Waals surface area contributed by atoms with Crippen LogP contribution in [0, 0.1) is 3.57 Å². The highest BCUT2D eigenvalue weighted by Gasteiger charge is 2.58. The number of carboxylic acid groups (broad SMARTS) is 1. The number of thioether (sulfide) groups is 2. The van der Waals surface area contributed by atoms with Crippen LogP contribution in [0.2, 0.25) is 5.02 Å². The van der Waals surface area contributed by atoms with Crippen LogP contribution in [0.25, 0.3) is 0 Å². The minimum absolute atomic E-state index is 0.0854. The molecule has 0 radical (unpaired) electrons. The monoisotopic (exact) mass is 604 g/mol. The van der Waals surface area contributed by atoms with Gasteiger partial charge < -0.3 is 20.1 Å². The fourth-order valence-electron chi connectivity index (χ4n) is 3.42. The second kappa shape index (κ2) is 9.70. The molecule has 2 saturated heterocycles. The predicted octanol–water partition coefficient (Wildman–Crippen LogP) is 3.34. The number of nitrogens with one attached hydrogen (secondary N) is 1. The van der Waals surface area contributed by atoms with Crippen molar-refractivity contribution in [3.63, 3.8) is 0 Å². The zero-order valence-electron chi connectivity index (χ0n) is 16.5. The van der Waals surface area contributed by atoms with Crippen LogP contribution in [0.15, 0.2) is 53.4 Å². The molecule has 2 heterocycles. The summed E-state index contributed by atoms with van der Waals surface area (Å²) < 4.78 is 5.24. The van der Waals surface area contributed by atoms with Gasteiger partial charge in [-0.05, 0) is 59.0 Å². The zero-order chi connectivity index (χ0) is 22.9. The molecule has 32 heavy (non-hydrogen) atoms. The number of carboxylic acids is 1. The summed E-state index contributed by atoms with van der Waals surface area (Å²) in [7, 11) is 0. The number of carbonyl (C=O) groups excluding carboxylic acids is 2. The van der Waals surface area contributed by atoms with Crippen LogP contribution in [-0.4, -0.2) is 62.9 Å². The van der Waals surface area contributed by atoms with E-state index in [4.69, 9.17) is 16.3 Å². The third-order valence-electron chi connectivity index (χ3n) is 5.09. The third-order valence-corrected chi connectivity index (χ3v) is 9.77. The first-order chi connectivity index (χ1) is 15.3. The normalized spacial score (nSPS) is 24.3. The average molecular weight is 605 g/mol. The number of β-lactam (4-membered cyclic amide) rings is 1. The minimum Gasteiger partial charge on any atom is -0.484 e. The van der Waals surface area contributed by atoms with E-state index in [0.29, 0.717) is 16.5 Å². The van der Waals surface area contributed by atoms with E-state index < -0.39 is 22.7 Å². The smallest absolute Gasteiger partial charge is 0.322 e. The lowest BCUT2D eigenvalue weighted by Gasteiger charge is -2.53. The molecule has 11 heteroatoms. The summed E-state index contributed by atoms with van der Waals surface area (Å²) in [4.78, 5) is 39.6. The van der Waals surface area contributed by atoms with Gasteiger partial charge >= 0.3 is 5.97 Å². The Morgan fingerprint density at radius 3 is 2.69 bits per heavy atom. The lowest BCUT2D eigenvalue weighted by Crippen LogP contribution is -2.74. The molecule has 7 nitrogen and oxygen atoms in total. The van der Waals surface area contributed by atoms with E-state index in [1.165, 1.54) is 28.4 Å². The fourth-order valence-corrected chi connectivity index (χ4v) is 7.12. The predicted molar refractivity (Wildman–Crippen MR) is 132 cm³/mol. The summed E-state index contributed by atoms with van der Waals surface area (Å²) in [5.41, 5.74) is 0. The highest BCUT2D eigenvalue weighted by Crippen LogP contribution is 2.47. The third kappa shape index (κ3) is 4.82. The number of halogens is 2. The van der Waals surface area contributed by atoms with Crippen LogP contribution in [0.3, 0.4) is 0 Å². The van der Waals surface area contributed by atoms with Crippen molar-refractivity contribution in [1.29, 1.82) is 0 Å². The average Bonchev–Trinajstić information content (AvgIpc) is 2.78. The molecule has 1 unspecified atom stereocenters. The Hall–Kier alpha value is -1.63. The topological polar surface area (TPSA) is 95.9 Å². The molecule has 2 fully saturated rings. The summed E-state index contributed by atoms with van der Waals surface area (Å²) in [5, 5.41) is 13.0. The van der Waals surface area contributed by atoms with E-state index in [2.05, 4.69) is 27.9 Å². The number of aliphatic carboxylic acids is 1. The fraction of sp³-hybridized carbons (Fsp3) is 0.286. The van der Waals surface area contributed by atoms with Gasteiger partial charge in [-0.25, -0.2) is 0 Å². The number of rotatable bonds is 7. The van der Waals surface area contributed by atoms with E-state index in [-0.39, 0.29) is 24.4 Å². The molecule has 0 aromatic heterocycles. The Morgan fingerprint density at radius 1 is 1.28 bits per heavy atom.